The van der Waals surface area contributed by atoms with Crippen LogP contribution in [0.1, 0.15) is 12.5 Å². The summed E-state index contributed by atoms with van der Waals surface area (Å²) in [6.45, 7) is 1.99. The van der Waals surface area contributed by atoms with E-state index in [0.29, 0.717) is 12.2 Å². The third-order valence-corrected chi connectivity index (χ3v) is 2.21. The Bertz CT molecular complexity index is 393. The van der Waals surface area contributed by atoms with E-state index < -0.39 is 11.9 Å². The van der Waals surface area contributed by atoms with E-state index in [1.807, 2.05) is 0 Å². The number of halogens is 1. The molecule has 0 saturated heterocycles. The van der Waals surface area contributed by atoms with Crippen LogP contribution in [0.25, 0.3) is 0 Å². The number of benzene rings is 1. The number of hydrogen-bond acceptors (Lipinski definition) is 3. The van der Waals surface area contributed by atoms with Crippen molar-refractivity contribution in [2.75, 3.05) is 18.5 Å². The molecule has 16 heavy (non-hydrogen) atoms. The Hall–Kier alpha value is -1.62. The first-order valence-electron chi connectivity index (χ1n) is 4.95. The van der Waals surface area contributed by atoms with Crippen molar-refractivity contribution < 1.29 is 9.50 Å². The number of nitrogens with zero attached hydrogens (tertiary/aromatic N) is 1. The summed E-state index contributed by atoms with van der Waals surface area (Å²) in [5.41, 5.74) is 5.92. The van der Waals surface area contributed by atoms with Crippen LogP contribution in [-0.2, 0) is 0 Å². The molecule has 0 bridgehead atoms. The molecule has 0 aliphatic carbocycles. The van der Waals surface area contributed by atoms with E-state index >= 15 is 0 Å². The molecule has 4 N–H and O–H groups in total. The number of aliphatic hydroxyl groups is 1. The molecule has 0 aliphatic rings. The van der Waals surface area contributed by atoms with Gasteiger partial charge in [0.25, 0.3) is 0 Å². The Labute approximate surface area is 94.0 Å². The summed E-state index contributed by atoms with van der Waals surface area (Å²) < 4.78 is 13.5. The zero-order chi connectivity index (χ0) is 12.3. The number of hydrogen-bond donors (Lipinski definition) is 3. The van der Waals surface area contributed by atoms with Gasteiger partial charge in [-0.3, -0.25) is 5.41 Å². The van der Waals surface area contributed by atoms with Crippen LogP contribution in [0, 0.1) is 11.2 Å². The first-order chi connectivity index (χ1) is 7.43. The second kappa shape index (κ2) is 4.94. The summed E-state index contributed by atoms with van der Waals surface area (Å²) in [5, 5.41) is 16.6. The van der Waals surface area contributed by atoms with Gasteiger partial charge in [-0.15, -0.1) is 0 Å². The fourth-order valence-electron chi connectivity index (χ4n) is 1.59. The van der Waals surface area contributed by atoms with Gasteiger partial charge in [-0.2, -0.15) is 0 Å². The molecule has 1 unspecified atom stereocenters. The number of nitrogens with two attached hydrogens (primary N) is 1. The summed E-state index contributed by atoms with van der Waals surface area (Å²) in [7, 11) is 1.72. The standard InChI is InChI=1S/C11H16FN3O/c1-7(16)6-15(2)9-5-3-4-8(12)10(9)11(13)14/h3-5,7,16H,6H2,1-2H3,(H3,13,14). The van der Waals surface area contributed by atoms with Gasteiger partial charge in [-0.1, -0.05) is 6.07 Å². The van der Waals surface area contributed by atoms with Gasteiger partial charge in [0.05, 0.1) is 17.4 Å². The molecule has 0 aliphatic heterocycles. The minimum absolute atomic E-state index is 0.0747. The molecule has 1 rings (SSSR count). The second-order valence-corrected chi connectivity index (χ2v) is 3.78. The molecule has 88 valence electrons. The normalized spacial score (nSPS) is 12.2. The summed E-state index contributed by atoms with van der Waals surface area (Å²) >= 11 is 0. The zero-order valence-corrected chi connectivity index (χ0v) is 9.37. The van der Waals surface area contributed by atoms with Gasteiger partial charge in [0.15, 0.2) is 0 Å². The maximum Gasteiger partial charge on any atom is 0.136 e. The van der Waals surface area contributed by atoms with Gasteiger partial charge >= 0.3 is 0 Å². The molecule has 1 aromatic rings. The van der Waals surface area contributed by atoms with Gasteiger partial charge in [0.2, 0.25) is 0 Å². The number of nitrogen functional groups attached to an aromatic ring is 1. The van der Waals surface area contributed by atoms with Gasteiger partial charge in [-0.25, -0.2) is 4.39 Å². The average Bonchev–Trinajstić information content (AvgIpc) is 2.15. The Morgan fingerprint density at radius 1 is 1.62 bits per heavy atom. The molecular weight excluding hydrogens is 209 g/mol. The van der Waals surface area contributed by atoms with Crippen LogP contribution in [0.4, 0.5) is 10.1 Å². The van der Waals surface area contributed by atoms with E-state index in [1.165, 1.54) is 6.07 Å². The third-order valence-electron chi connectivity index (χ3n) is 2.21. The Morgan fingerprint density at radius 2 is 2.25 bits per heavy atom. The minimum Gasteiger partial charge on any atom is -0.392 e. The second-order valence-electron chi connectivity index (χ2n) is 3.78. The van der Waals surface area contributed by atoms with Crippen molar-refractivity contribution in [3.05, 3.63) is 29.6 Å². The van der Waals surface area contributed by atoms with Gasteiger partial charge in [-0.05, 0) is 19.1 Å². The Morgan fingerprint density at radius 3 is 2.75 bits per heavy atom. The lowest BCUT2D eigenvalue weighted by atomic mass is 10.1. The quantitative estimate of drug-likeness (QED) is 0.527. The highest BCUT2D eigenvalue weighted by atomic mass is 19.1. The molecule has 0 heterocycles. The molecule has 1 atom stereocenters. The van der Waals surface area contributed by atoms with Gasteiger partial charge < -0.3 is 15.7 Å². The summed E-state index contributed by atoms with van der Waals surface area (Å²) in [5.74, 6) is -0.840. The zero-order valence-electron chi connectivity index (χ0n) is 9.37. The molecule has 0 spiro atoms. The number of nitrogens with one attached hydrogen (secondary N) is 1. The van der Waals surface area contributed by atoms with Crippen molar-refractivity contribution in [3.8, 4) is 0 Å². The summed E-state index contributed by atoms with van der Waals surface area (Å²) in [6, 6.07) is 4.48. The van der Waals surface area contributed by atoms with Crippen molar-refractivity contribution >= 4 is 11.5 Å². The number of likely N-dealkylation sites (N-methyl/N-ethyl adjacent to an activating group) is 1. The first kappa shape index (κ1) is 12.4. The molecule has 0 radical (unpaired) electrons. The van der Waals surface area contributed by atoms with Crippen LogP contribution in [0.3, 0.4) is 0 Å². The largest absolute Gasteiger partial charge is 0.392 e. The van der Waals surface area contributed by atoms with Crippen LogP contribution < -0.4 is 10.6 Å². The van der Waals surface area contributed by atoms with Crippen molar-refractivity contribution in [2.24, 2.45) is 5.73 Å². The monoisotopic (exact) mass is 225 g/mol. The molecule has 5 heteroatoms. The lowest BCUT2D eigenvalue weighted by Gasteiger charge is -2.23. The maximum absolute atomic E-state index is 13.5. The number of aliphatic hydroxyl groups excluding tert-OH is 1. The van der Waals surface area contributed by atoms with E-state index in [0.717, 1.165) is 0 Å². The Kier molecular flexibility index (Phi) is 3.84. The van der Waals surface area contributed by atoms with Crippen molar-refractivity contribution in [1.82, 2.24) is 0 Å². The predicted octanol–water partition coefficient (Wildman–Crippen LogP) is 0.927. The first-order valence-corrected chi connectivity index (χ1v) is 4.95. The maximum atomic E-state index is 13.5. The van der Waals surface area contributed by atoms with Crippen molar-refractivity contribution in [3.63, 3.8) is 0 Å². The van der Waals surface area contributed by atoms with Crippen molar-refractivity contribution in [2.45, 2.75) is 13.0 Å². The van der Waals surface area contributed by atoms with Crippen LogP contribution in [0.5, 0.6) is 0 Å². The minimum atomic E-state index is -0.534. The highest BCUT2D eigenvalue weighted by Crippen LogP contribution is 2.21. The lowest BCUT2D eigenvalue weighted by Crippen LogP contribution is -2.29. The van der Waals surface area contributed by atoms with Crippen LogP contribution in [-0.4, -0.2) is 30.6 Å². The molecule has 0 fully saturated rings. The van der Waals surface area contributed by atoms with Crippen molar-refractivity contribution in [1.29, 1.82) is 5.41 Å². The molecule has 0 amide bonds. The smallest absolute Gasteiger partial charge is 0.136 e. The highest BCUT2D eigenvalue weighted by Gasteiger charge is 2.15. The lowest BCUT2D eigenvalue weighted by molar-refractivity contribution is 0.201. The topological polar surface area (TPSA) is 73.3 Å². The molecule has 0 aromatic heterocycles. The third kappa shape index (κ3) is 2.70. The SMILES string of the molecule is CC(O)CN(C)c1cccc(F)c1C(=N)N. The van der Waals surface area contributed by atoms with E-state index in [1.54, 1.807) is 31.0 Å². The van der Waals surface area contributed by atoms with Crippen LogP contribution in [0.15, 0.2) is 18.2 Å². The molecule has 1 aromatic carbocycles. The van der Waals surface area contributed by atoms with E-state index in [-0.39, 0.29) is 11.4 Å². The van der Waals surface area contributed by atoms with E-state index in [2.05, 4.69) is 0 Å². The molecular formula is C11H16FN3O. The van der Waals surface area contributed by atoms with E-state index in [4.69, 9.17) is 11.1 Å². The highest BCUT2D eigenvalue weighted by molar-refractivity contribution is 6.00. The fourth-order valence-corrected chi connectivity index (χ4v) is 1.59. The predicted molar refractivity (Wildman–Crippen MR) is 62.4 cm³/mol. The number of amidine groups is 1. The summed E-state index contributed by atoms with van der Waals surface area (Å²) in [6.07, 6.45) is -0.534. The number of anilines is 1. The Balaban J connectivity index is 3.12. The molecule has 4 nitrogen and oxygen atoms in total. The van der Waals surface area contributed by atoms with Gasteiger partial charge in [0.1, 0.15) is 11.7 Å². The average molecular weight is 225 g/mol. The molecule has 0 saturated carbocycles. The van der Waals surface area contributed by atoms with Crippen LogP contribution >= 0.6 is 0 Å². The van der Waals surface area contributed by atoms with Crippen LogP contribution in [0.2, 0.25) is 0 Å². The van der Waals surface area contributed by atoms with E-state index in [9.17, 15) is 9.50 Å². The number of rotatable bonds is 4. The fraction of sp³-hybridized carbons (Fsp3) is 0.364. The van der Waals surface area contributed by atoms with Gasteiger partial charge in [0, 0.05) is 13.6 Å². The summed E-state index contributed by atoms with van der Waals surface area (Å²) in [4.78, 5) is 1.67.